The molecule has 0 spiro atoms. The summed E-state index contributed by atoms with van der Waals surface area (Å²) in [6, 6.07) is 12.3. The number of urea groups is 1. The SMILES string of the molecule is O=C(CN1C(=O)N/C(=C/c2cccn2-c2cccc(C(F)(F)F)c2)C1=O)Nc1ccccc1F. The van der Waals surface area contributed by atoms with Crippen LogP contribution in [0.3, 0.4) is 0 Å². The summed E-state index contributed by atoms with van der Waals surface area (Å²) in [7, 11) is 0. The topological polar surface area (TPSA) is 83.4 Å². The standard InChI is InChI=1S/C23H16F4N4O3/c24-17-8-1-2-9-18(17)28-20(32)13-31-21(33)19(29-22(31)34)12-16-7-4-10-30(16)15-6-3-5-14(11-15)23(25,26)27/h1-12H,13H2,(H,28,32)(H,29,34)/b19-12+. The van der Waals surface area contributed by atoms with Gasteiger partial charge in [0, 0.05) is 17.6 Å². The quantitative estimate of drug-likeness (QED) is 0.332. The highest BCUT2D eigenvalue weighted by atomic mass is 19.4. The lowest BCUT2D eigenvalue weighted by Gasteiger charge is -2.12. The fraction of sp³-hybridized carbons (Fsp3) is 0.0870. The monoisotopic (exact) mass is 472 g/mol. The van der Waals surface area contributed by atoms with Crippen molar-refractivity contribution in [1.82, 2.24) is 14.8 Å². The molecule has 34 heavy (non-hydrogen) atoms. The summed E-state index contributed by atoms with van der Waals surface area (Å²) in [5.74, 6) is -2.28. The van der Waals surface area contributed by atoms with Crippen molar-refractivity contribution in [3.63, 3.8) is 0 Å². The lowest BCUT2D eigenvalue weighted by molar-refractivity contribution is -0.137. The highest BCUT2D eigenvalue weighted by Crippen LogP contribution is 2.31. The van der Waals surface area contributed by atoms with E-state index in [1.807, 2.05) is 0 Å². The lowest BCUT2D eigenvalue weighted by atomic mass is 10.2. The zero-order chi connectivity index (χ0) is 24.5. The molecular formula is C23H16F4N4O3. The second-order valence-electron chi connectivity index (χ2n) is 7.26. The van der Waals surface area contributed by atoms with Crippen molar-refractivity contribution in [2.45, 2.75) is 6.18 Å². The molecule has 1 aromatic heterocycles. The van der Waals surface area contributed by atoms with Gasteiger partial charge in [0.2, 0.25) is 5.91 Å². The fourth-order valence-electron chi connectivity index (χ4n) is 3.34. The fourth-order valence-corrected chi connectivity index (χ4v) is 3.34. The zero-order valence-electron chi connectivity index (χ0n) is 17.3. The smallest absolute Gasteiger partial charge is 0.322 e. The number of alkyl halides is 3. The van der Waals surface area contributed by atoms with Crippen LogP contribution in [0.25, 0.3) is 11.8 Å². The largest absolute Gasteiger partial charge is 0.416 e. The number of nitrogens with one attached hydrogen (secondary N) is 2. The molecule has 1 aliphatic heterocycles. The summed E-state index contributed by atoms with van der Waals surface area (Å²) in [5.41, 5.74) is -0.593. The number of anilines is 1. The number of imide groups is 1. The third-order valence-electron chi connectivity index (χ3n) is 4.94. The number of hydrogen-bond acceptors (Lipinski definition) is 3. The Morgan fingerprint density at radius 3 is 2.53 bits per heavy atom. The van der Waals surface area contributed by atoms with Crippen LogP contribution in [0.5, 0.6) is 0 Å². The summed E-state index contributed by atoms with van der Waals surface area (Å²) in [5, 5.41) is 4.62. The molecule has 0 unspecified atom stereocenters. The first-order chi connectivity index (χ1) is 16.1. The summed E-state index contributed by atoms with van der Waals surface area (Å²) >= 11 is 0. The Kier molecular flexibility index (Phi) is 5.93. The van der Waals surface area contributed by atoms with E-state index in [2.05, 4.69) is 10.6 Å². The van der Waals surface area contributed by atoms with Gasteiger partial charge < -0.3 is 15.2 Å². The molecule has 1 aliphatic rings. The molecule has 174 valence electrons. The number of carbonyl (C=O) groups excluding carboxylic acids is 3. The Morgan fingerprint density at radius 2 is 1.79 bits per heavy atom. The number of amides is 4. The first kappa shape index (κ1) is 22.8. The molecule has 0 saturated carbocycles. The molecule has 0 atom stereocenters. The van der Waals surface area contributed by atoms with Crippen molar-refractivity contribution in [2.24, 2.45) is 0 Å². The molecule has 7 nitrogen and oxygen atoms in total. The van der Waals surface area contributed by atoms with Crippen LogP contribution in [-0.2, 0) is 15.8 Å². The van der Waals surface area contributed by atoms with Crippen molar-refractivity contribution < 1.29 is 31.9 Å². The van der Waals surface area contributed by atoms with Gasteiger partial charge in [0.25, 0.3) is 5.91 Å². The highest BCUT2D eigenvalue weighted by molar-refractivity contribution is 6.15. The van der Waals surface area contributed by atoms with Crippen LogP contribution in [0, 0.1) is 5.82 Å². The zero-order valence-corrected chi connectivity index (χ0v) is 17.3. The Balaban J connectivity index is 1.53. The minimum atomic E-state index is -4.53. The van der Waals surface area contributed by atoms with Crippen LogP contribution in [0.4, 0.5) is 28.0 Å². The van der Waals surface area contributed by atoms with Gasteiger partial charge in [-0.2, -0.15) is 13.2 Å². The minimum absolute atomic E-state index is 0.103. The predicted octanol–water partition coefficient (Wildman–Crippen LogP) is 4.17. The van der Waals surface area contributed by atoms with E-state index in [-0.39, 0.29) is 17.1 Å². The van der Waals surface area contributed by atoms with Gasteiger partial charge in [0.1, 0.15) is 18.1 Å². The van der Waals surface area contributed by atoms with E-state index in [1.54, 1.807) is 12.1 Å². The number of benzene rings is 2. The summed E-state index contributed by atoms with van der Waals surface area (Å²) < 4.78 is 54.3. The maximum absolute atomic E-state index is 13.7. The first-order valence-electron chi connectivity index (χ1n) is 9.87. The normalized spacial score (nSPS) is 15.1. The number of rotatable bonds is 5. The van der Waals surface area contributed by atoms with Crippen molar-refractivity contribution in [2.75, 3.05) is 11.9 Å². The van der Waals surface area contributed by atoms with Gasteiger partial charge in [-0.05, 0) is 48.5 Å². The van der Waals surface area contributed by atoms with Crippen molar-refractivity contribution in [3.05, 3.63) is 89.6 Å². The predicted molar refractivity (Wildman–Crippen MR) is 114 cm³/mol. The maximum Gasteiger partial charge on any atom is 0.416 e. The van der Waals surface area contributed by atoms with E-state index in [0.717, 1.165) is 18.2 Å². The molecule has 0 radical (unpaired) electrons. The van der Waals surface area contributed by atoms with E-state index < -0.39 is 41.9 Å². The van der Waals surface area contributed by atoms with Crippen LogP contribution in [0.15, 0.2) is 72.6 Å². The Hall–Kier alpha value is -4.41. The molecule has 4 amide bonds. The lowest BCUT2D eigenvalue weighted by Crippen LogP contribution is -2.38. The second-order valence-corrected chi connectivity index (χ2v) is 7.26. The van der Waals surface area contributed by atoms with Crippen molar-refractivity contribution >= 4 is 29.6 Å². The third kappa shape index (κ3) is 4.68. The molecule has 11 heteroatoms. The van der Waals surface area contributed by atoms with E-state index >= 15 is 0 Å². The molecule has 2 N–H and O–H groups in total. The molecule has 3 aromatic rings. The van der Waals surface area contributed by atoms with Crippen LogP contribution in [0.1, 0.15) is 11.3 Å². The van der Waals surface area contributed by atoms with E-state index in [1.165, 1.54) is 47.2 Å². The van der Waals surface area contributed by atoms with Crippen LogP contribution >= 0.6 is 0 Å². The summed E-state index contributed by atoms with van der Waals surface area (Å²) in [4.78, 5) is 37.8. The molecule has 4 rings (SSSR count). The molecule has 0 aliphatic carbocycles. The molecule has 1 fully saturated rings. The minimum Gasteiger partial charge on any atom is -0.322 e. The van der Waals surface area contributed by atoms with E-state index in [9.17, 15) is 31.9 Å². The van der Waals surface area contributed by atoms with Gasteiger partial charge in [0.15, 0.2) is 0 Å². The molecule has 2 heterocycles. The number of aromatic nitrogens is 1. The van der Waals surface area contributed by atoms with E-state index in [4.69, 9.17) is 0 Å². The number of halogens is 4. The van der Waals surface area contributed by atoms with Gasteiger partial charge in [-0.25, -0.2) is 14.1 Å². The summed E-state index contributed by atoms with van der Waals surface area (Å²) in [6.45, 7) is -0.662. The molecule has 1 saturated heterocycles. The van der Waals surface area contributed by atoms with Gasteiger partial charge >= 0.3 is 12.2 Å². The van der Waals surface area contributed by atoms with Gasteiger partial charge in [-0.15, -0.1) is 0 Å². The Bertz CT molecular complexity index is 1310. The average Bonchev–Trinajstić information content (AvgIpc) is 3.35. The highest BCUT2D eigenvalue weighted by Gasteiger charge is 2.35. The second kappa shape index (κ2) is 8.85. The number of hydrogen-bond donors (Lipinski definition) is 2. The van der Waals surface area contributed by atoms with Crippen LogP contribution in [0.2, 0.25) is 0 Å². The number of carbonyl (C=O) groups is 3. The Labute approximate surface area is 190 Å². The number of nitrogens with zero attached hydrogens (tertiary/aromatic N) is 2. The van der Waals surface area contributed by atoms with Gasteiger partial charge in [-0.1, -0.05) is 18.2 Å². The van der Waals surface area contributed by atoms with Crippen LogP contribution in [-0.4, -0.2) is 33.9 Å². The van der Waals surface area contributed by atoms with Crippen molar-refractivity contribution in [1.29, 1.82) is 0 Å². The maximum atomic E-state index is 13.7. The van der Waals surface area contributed by atoms with Gasteiger partial charge in [-0.3, -0.25) is 9.59 Å². The summed E-state index contributed by atoms with van der Waals surface area (Å²) in [6.07, 6.45) is -1.74. The first-order valence-corrected chi connectivity index (χ1v) is 9.87. The molecular weight excluding hydrogens is 456 g/mol. The Morgan fingerprint density at radius 1 is 1.03 bits per heavy atom. The molecule has 2 aromatic carbocycles. The molecule has 0 bridgehead atoms. The average molecular weight is 472 g/mol. The third-order valence-corrected chi connectivity index (χ3v) is 4.94. The number of para-hydroxylation sites is 1. The van der Waals surface area contributed by atoms with Crippen LogP contribution < -0.4 is 10.6 Å². The van der Waals surface area contributed by atoms with E-state index in [0.29, 0.717) is 10.6 Å². The van der Waals surface area contributed by atoms with Crippen molar-refractivity contribution in [3.8, 4) is 5.69 Å². The van der Waals surface area contributed by atoms with Gasteiger partial charge in [0.05, 0.1) is 11.3 Å².